The quantitative estimate of drug-likeness (QED) is 0.751. The Morgan fingerprint density at radius 1 is 1.35 bits per heavy atom. The van der Waals surface area contributed by atoms with Gasteiger partial charge in [-0.3, -0.25) is 14.7 Å². The molecule has 0 radical (unpaired) electrons. The lowest BCUT2D eigenvalue weighted by molar-refractivity contribution is 0.0169. The summed E-state index contributed by atoms with van der Waals surface area (Å²) in [4.78, 5) is 20.2. The number of rotatable bonds is 6. The van der Waals surface area contributed by atoms with E-state index in [1.165, 1.54) is 4.88 Å². The van der Waals surface area contributed by atoms with Crippen LogP contribution in [0.25, 0.3) is 0 Å². The van der Waals surface area contributed by atoms with Gasteiger partial charge in [0.05, 0.1) is 24.9 Å². The molecule has 0 aliphatic carbocycles. The van der Waals surface area contributed by atoms with Gasteiger partial charge in [0, 0.05) is 42.8 Å². The minimum Gasteiger partial charge on any atom is -0.379 e. The molecule has 1 saturated heterocycles. The lowest BCUT2D eigenvalue weighted by Gasteiger charge is -2.34. The van der Waals surface area contributed by atoms with Gasteiger partial charge in [0.25, 0.3) is 5.91 Å². The lowest BCUT2D eigenvalue weighted by Crippen LogP contribution is -2.43. The fourth-order valence-corrected chi connectivity index (χ4v) is 3.66. The monoisotopic (exact) mass is 418 g/mol. The molecule has 6 nitrogen and oxygen atoms in total. The van der Waals surface area contributed by atoms with Crippen molar-refractivity contribution in [2.75, 3.05) is 32.8 Å². The van der Waals surface area contributed by atoms with Crippen LogP contribution in [-0.4, -0.2) is 48.6 Å². The van der Waals surface area contributed by atoms with Crippen LogP contribution in [0.3, 0.4) is 0 Å². The number of nitrogens with zero attached hydrogens (tertiary/aromatic N) is 2. The zero-order valence-electron chi connectivity index (χ0n) is 14.3. The molecule has 144 valence electrons. The molecule has 1 aliphatic heterocycles. The number of hydrogen-bond donors (Lipinski definition) is 2. The number of thiophene rings is 1. The Morgan fingerprint density at radius 3 is 2.77 bits per heavy atom. The maximum atomic E-state index is 12.5. The second-order valence-corrected chi connectivity index (χ2v) is 6.61. The lowest BCUT2D eigenvalue weighted by atomic mass is 10.1. The summed E-state index contributed by atoms with van der Waals surface area (Å²) in [5.74, 6) is -0.0954. The second-order valence-electron chi connectivity index (χ2n) is 5.63. The Morgan fingerprint density at radius 2 is 2.12 bits per heavy atom. The fourth-order valence-electron chi connectivity index (χ4n) is 2.80. The summed E-state index contributed by atoms with van der Waals surface area (Å²) in [7, 11) is 0. The van der Waals surface area contributed by atoms with Crippen LogP contribution in [0.5, 0.6) is 0 Å². The normalized spacial score (nSPS) is 15.4. The molecule has 1 amide bonds. The van der Waals surface area contributed by atoms with E-state index in [9.17, 15) is 4.79 Å². The number of pyridine rings is 1. The number of morpholine rings is 1. The van der Waals surface area contributed by atoms with Gasteiger partial charge in [-0.1, -0.05) is 6.07 Å². The zero-order chi connectivity index (χ0) is 16.8. The topological polar surface area (TPSA) is 80.5 Å². The molecule has 3 heterocycles. The Balaban J connectivity index is 0.00000169. The summed E-state index contributed by atoms with van der Waals surface area (Å²) in [6.45, 7) is 4.13. The van der Waals surface area contributed by atoms with E-state index in [4.69, 9.17) is 10.5 Å². The maximum Gasteiger partial charge on any atom is 0.251 e. The van der Waals surface area contributed by atoms with Crippen LogP contribution in [0.4, 0.5) is 0 Å². The second kappa shape index (κ2) is 11.5. The number of halogens is 2. The molecule has 0 aromatic carbocycles. The predicted molar refractivity (Wildman–Crippen MR) is 108 cm³/mol. The molecular formula is C17H24Cl2N4O2S. The van der Waals surface area contributed by atoms with E-state index in [0.29, 0.717) is 24.3 Å². The molecule has 2 aromatic heterocycles. The zero-order valence-corrected chi connectivity index (χ0v) is 16.7. The average molecular weight is 419 g/mol. The first-order valence-corrected chi connectivity index (χ1v) is 8.94. The van der Waals surface area contributed by atoms with Crippen LogP contribution >= 0.6 is 36.2 Å². The molecule has 1 unspecified atom stereocenters. The minimum absolute atomic E-state index is 0. The smallest absolute Gasteiger partial charge is 0.251 e. The van der Waals surface area contributed by atoms with Crippen LogP contribution in [0.2, 0.25) is 0 Å². The molecule has 26 heavy (non-hydrogen) atoms. The first-order chi connectivity index (χ1) is 11.8. The van der Waals surface area contributed by atoms with E-state index in [1.807, 2.05) is 6.07 Å². The summed E-state index contributed by atoms with van der Waals surface area (Å²) in [6, 6.07) is 7.79. The summed E-state index contributed by atoms with van der Waals surface area (Å²) < 4.78 is 5.44. The van der Waals surface area contributed by atoms with Crippen molar-refractivity contribution >= 4 is 42.1 Å². The first-order valence-electron chi connectivity index (χ1n) is 8.06. The van der Waals surface area contributed by atoms with E-state index in [1.54, 1.807) is 29.7 Å². The third-order valence-corrected chi connectivity index (χ3v) is 5.08. The van der Waals surface area contributed by atoms with Crippen LogP contribution < -0.4 is 11.1 Å². The van der Waals surface area contributed by atoms with Gasteiger partial charge in [-0.25, -0.2) is 0 Å². The van der Waals surface area contributed by atoms with Gasteiger partial charge in [0.15, 0.2) is 0 Å². The number of amides is 1. The maximum absolute atomic E-state index is 12.5. The Bertz CT molecular complexity index is 667. The molecule has 3 rings (SSSR count). The number of nitrogens with one attached hydrogen (secondary N) is 1. The highest BCUT2D eigenvalue weighted by atomic mass is 35.5. The highest BCUT2D eigenvalue weighted by Gasteiger charge is 2.24. The van der Waals surface area contributed by atoms with Crippen LogP contribution in [0.1, 0.15) is 27.0 Å². The number of carbonyl (C=O) groups excluding carboxylic acids is 1. The molecule has 1 fully saturated rings. The van der Waals surface area contributed by atoms with E-state index in [2.05, 4.69) is 26.6 Å². The Kier molecular flexibility index (Phi) is 10.1. The Labute approximate surface area is 169 Å². The summed E-state index contributed by atoms with van der Waals surface area (Å²) in [5.41, 5.74) is 6.90. The van der Waals surface area contributed by atoms with Gasteiger partial charge >= 0.3 is 0 Å². The van der Waals surface area contributed by atoms with E-state index in [-0.39, 0.29) is 36.8 Å². The largest absolute Gasteiger partial charge is 0.379 e. The predicted octanol–water partition coefficient (Wildman–Crippen LogP) is 2.25. The number of ether oxygens (including phenoxy) is 1. The number of carbonyl (C=O) groups is 1. The van der Waals surface area contributed by atoms with E-state index < -0.39 is 0 Å². The molecule has 2 aromatic rings. The number of hydrogen-bond acceptors (Lipinski definition) is 6. The van der Waals surface area contributed by atoms with Crippen molar-refractivity contribution < 1.29 is 9.53 Å². The van der Waals surface area contributed by atoms with Crippen molar-refractivity contribution in [3.8, 4) is 0 Å². The number of aromatic nitrogens is 1. The van der Waals surface area contributed by atoms with Crippen molar-refractivity contribution in [3.63, 3.8) is 0 Å². The van der Waals surface area contributed by atoms with Gasteiger partial charge in [-0.2, -0.15) is 0 Å². The van der Waals surface area contributed by atoms with Crippen molar-refractivity contribution in [1.29, 1.82) is 0 Å². The van der Waals surface area contributed by atoms with E-state index >= 15 is 0 Å². The van der Waals surface area contributed by atoms with Gasteiger partial charge in [-0.15, -0.1) is 36.2 Å². The average Bonchev–Trinajstić information content (AvgIpc) is 3.17. The summed E-state index contributed by atoms with van der Waals surface area (Å²) in [6.07, 6.45) is 1.62. The van der Waals surface area contributed by atoms with E-state index in [0.717, 1.165) is 26.3 Å². The van der Waals surface area contributed by atoms with Crippen molar-refractivity contribution in [2.45, 2.75) is 12.6 Å². The summed E-state index contributed by atoms with van der Waals surface area (Å²) in [5, 5.41) is 5.12. The molecule has 9 heteroatoms. The third-order valence-electron chi connectivity index (χ3n) is 4.10. The minimum atomic E-state index is -0.0954. The van der Waals surface area contributed by atoms with Gasteiger partial charge < -0.3 is 15.8 Å². The van der Waals surface area contributed by atoms with Gasteiger partial charge in [-0.05, 0) is 23.6 Å². The number of nitrogens with two attached hydrogens (primary N) is 1. The third kappa shape index (κ3) is 5.90. The standard InChI is InChI=1S/C17H22N4O2S.2ClH/c18-11-14-10-13(3-4-19-14)17(22)20-12-15(16-2-1-9-24-16)21-5-7-23-8-6-21;;/h1-4,9-10,15H,5-8,11-12,18H2,(H,20,22);2*1H. The SMILES string of the molecule is Cl.Cl.NCc1cc(C(=O)NCC(c2cccs2)N2CCOCC2)ccn1. The highest BCUT2D eigenvalue weighted by molar-refractivity contribution is 7.10. The van der Waals surface area contributed by atoms with Gasteiger partial charge in [0.2, 0.25) is 0 Å². The Hall–Kier alpha value is -1.22. The molecular weight excluding hydrogens is 395 g/mol. The molecule has 1 aliphatic rings. The van der Waals surface area contributed by atoms with Crippen LogP contribution in [0, 0.1) is 0 Å². The molecule has 0 saturated carbocycles. The van der Waals surface area contributed by atoms with Crippen molar-refractivity contribution in [3.05, 3.63) is 52.0 Å². The van der Waals surface area contributed by atoms with Crippen molar-refractivity contribution in [1.82, 2.24) is 15.2 Å². The summed E-state index contributed by atoms with van der Waals surface area (Å²) >= 11 is 1.72. The van der Waals surface area contributed by atoms with Crippen LogP contribution in [-0.2, 0) is 11.3 Å². The highest BCUT2D eigenvalue weighted by Crippen LogP contribution is 2.25. The molecule has 3 N–H and O–H groups in total. The molecule has 0 bridgehead atoms. The van der Waals surface area contributed by atoms with Crippen LogP contribution in [0.15, 0.2) is 35.8 Å². The molecule has 0 spiro atoms. The molecule has 1 atom stereocenters. The first kappa shape index (κ1) is 22.8. The van der Waals surface area contributed by atoms with Gasteiger partial charge in [0.1, 0.15) is 0 Å². The fraction of sp³-hybridized carbons (Fsp3) is 0.412. The van der Waals surface area contributed by atoms with Crippen molar-refractivity contribution in [2.24, 2.45) is 5.73 Å².